The lowest BCUT2D eigenvalue weighted by atomic mass is 9.80. The van der Waals surface area contributed by atoms with Gasteiger partial charge in [-0.05, 0) is 72.2 Å². The third-order valence-electron chi connectivity index (χ3n) is 6.87. The lowest BCUT2D eigenvalue weighted by Crippen LogP contribution is -2.37. The Balaban J connectivity index is 1.50. The van der Waals surface area contributed by atoms with Crippen LogP contribution in [0.3, 0.4) is 0 Å². The number of fused-ring (bicyclic) bond motifs is 3. The van der Waals surface area contributed by atoms with Crippen molar-refractivity contribution in [1.29, 1.82) is 0 Å². The van der Waals surface area contributed by atoms with E-state index in [0.717, 1.165) is 18.4 Å². The number of carbonyl (C=O) groups is 1. The minimum Gasteiger partial charge on any atom is -0.459 e. The third kappa shape index (κ3) is 4.88. The first-order chi connectivity index (χ1) is 17.2. The Morgan fingerprint density at radius 3 is 2.60 bits per heavy atom. The van der Waals surface area contributed by atoms with Crippen molar-refractivity contribution < 1.29 is 19.4 Å². The van der Waals surface area contributed by atoms with Gasteiger partial charge in [0.2, 0.25) is 6.29 Å². The van der Waals surface area contributed by atoms with Gasteiger partial charge in [-0.15, -0.1) is 0 Å². The smallest absolute Gasteiger partial charge is 0.290 e. The van der Waals surface area contributed by atoms with Crippen LogP contribution in [0, 0.1) is 5.92 Å². The Hall–Kier alpha value is -3.41. The van der Waals surface area contributed by atoms with Crippen molar-refractivity contribution in [3.63, 3.8) is 0 Å². The lowest BCUT2D eigenvalue weighted by molar-refractivity contribution is -0.165. The van der Waals surface area contributed by atoms with Gasteiger partial charge in [-0.2, -0.15) is 0 Å². The second kappa shape index (κ2) is 10.5. The minimum absolute atomic E-state index is 0.0165. The predicted octanol–water partition coefficient (Wildman–Crippen LogP) is 5.65. The van der Waals surface area contributed by atoms with Gasteiger partial charge in [0.1, 0.15) is 0 Å². The van der Waals surface area contributed by atoms with Crippen molar-refractivity contribution in [2.24, 2.45) is 5.92 Å². The summed E-state index contributed by atoms with van der Waals surface area (Å²) in [4.78, 5) is 13.2. The lowest BCUT2D eigenvalue weighted by Gasteiger charge is -2.37. The summed E-state index contributed by atoms with van der Waals surface area (Å²) in [5, 5.41) is 12.5. The summed E-state index contributed by atoms with van der Waals surface area (Å²) in [5.74, 6) is -0.115. The summed E-state index contributed by atoms with van der Waals surface area (Å²) >= 11 is 0. The van der Waals surface area contributed by atoms with Gasteiger partial charge in [0.15, 0.2) is 5.76 Å². The largest absolute Gasteiger partial charge is 0.459 e. The van der Waals surface area contributed by atoms with Gasteiger partial charge >= 0.3 is 0 Å². The molecular weight excluding hydrogens is 438 g/mol. The first kappa shape index (κ1) is 23.3. The number of carbonyl (C=O) groups excluding carboxylic acids is 1. The maximum atomic E-state index is 13.2. The number of nitrogens with one attached hydrogen (secondary N) is 1. The zero-order chi connectivity index (χ0) is 24.2. The van der Waals surface area contributed by atoms with E-state index < -0.39 is 6.29 Å². The molecule has 1 amide bonds. The fraction of sp³-hybridized carbons (Fsp3) is 0.300. The quantitative estimate of drug-likeness (QED) is 0.350. The van der Waals surface area contributed by atoms with Crippen LogP contribution in [0.15, 0.2) is 84.6 Å². The Morgan fingerprint density at radius 2 is 1.80 bits per heavy atom. The van der Waals surface area contributed by atoms with E-state index in [-0.39, 0.29) is 30.1 Å². The maximum absolute atomic E-state index is 13.2. The van der Waals surface area contributed by atoms with Gasteiger partial charge in [-0.3, -0.25) is 4.79 Å². The van der Waals surface area contributed by atoms with Crippen molar-refractivity contribution in [2.75, 3.05) is 18.5 Å². The molecule has 3 atom stereocenters. The minimum atomic E-state index is -0.566. The standard InChI is InChI=1S/C30H31NO4/c1-2-34-30-26(13-8-16-32)27(19-28(35-30)29(33)31-23-10-4-3-5-11-23)21-14-15-25-22(18-21)17-20-9-6-7-12-24(20)25/h3-7,9-12,14-15,18-19,26-27,30,32H,2,8,13,16-17H2,1H3,(H,31,33)/t26-,27+,30+/m1/s1. The summed E-state index contributed by atoms with van der Waals surface area (Å²) < 4.78 is 12.1. The molecule has 5 nitrogen and oxygen atoms in total. The molecular formula is C30H31NO4. The van der Waals surface area contributed by atoms with Crippen molar-refractivity contribution in [2.45, 2.75) is 38.4 Å². The summed E-state index contributed by atoms with van der Waals surface area (Å²) in [6.07, 6.45) is 3.64. The molecule has 0 unspecified atom stereocenters. The Labute approximate surface area is 206 Å². The second-order valence-electron chi connectivity index (χ2n) is 9.10. The maximum Gasteiger partial charge on any atom is 0.290 e. The molecule has 1 heterocycles. The number of aliphatic hydroxyl groups excluding tert-OH is 1. The van der Waals surface area contributed by atoms with Crippen molar-refractivity contribution >= 4 is 11.6 Å². The molecule has 0 bridgehead atoms. The summed E-state index contributed by atoms with van der Waals surface area (Å²) in [6, 6.07) is 24.5. The zero-order valence-corrected chi connectivity index (χ0v) is 19.9. The van der Waals surface area contributed by atoms with Crippen LogP contribution in [0.2, 0.25) is 0 Å². The molecule has 35 heavy (non-hydrogen) atoms. The number of benzene rings is 3. The third-order valence-corrected chi connectivity index (χ3v) is 6.87. The average Bonchev–Trinajstić information content (AvgIpc) is 3.26. The number of rotatable bonds is 8. The first-order valence-electron chi connectivity index (χ1n) is 12.4. The molecule has 2 N–H and O–H groups in total. The molecule has 0 fully saturated rings. The molecule has 0 saturated carbocycles. The van der Waals surface area contributed by atoms with E-state index in [1.807, 2.05) is 43.3 Å². The molecule has 3 aromatic carbocycles. The predicted molar refractivity (Wildman–Crippen MR) is 137 cm³/mol. The fourth-order valence-electron chi connectivity index (χ4n) is 5.23. The second-order valence-corrected chi connectivity index (χ2v) is 9.10. The molecule has 180 valence electrons. The van der Waals surface area contributed by atoms with E-state index in [0.29, 0.717) is 18.7 Å². The SMILES string of the molecule is CCO[C@H]1OC(C(=O)Nc2ccccc2)=C[C@@H](c2ccc3c(c2)Cc2ccccc2-3)[C@H]1CCCO. The monoisotopic (exact) mass is 469 g/mol. The number of ether oxygens (including phenoxy) is 2. The van der Waals surface area contributed by atoms with Crippen molar-refractivity contribution in [1.82, 2.24) is 0 Å². The molecule has 0 saturated heterocycles. The molecule has 1 aliphatic carbocycles. The topological polar surface area (TPSA) is 67.8 Å². The Bertz CT molecular complexity index is 1220. The van der Waals surface area contributed by atoms with Gasteiger partial charge in [0, 0.05) is 30.7 Å². The average molecular weight is 470 g/mol. The highest BCUT2D eigenvalue weighted by Gasteiger charge is 2.38. The summed E-state index contributed by atoms with van der Waals surface area (Å²) in [5.41, 5.74) is 7.06. The van der Waals surface area contributed by atoms with E-state index >= 15 is 0 Å². The molecule has 5 heteroatoms. The molecule has 1 aliphatic heterocycles. The van der Waals surface area contributed by atoms with Crippen LogP contribution in [0.4, 0.5) is 5.69 Å². The van der Waals surface area contributed by atoms with Crippen LogP contribution in [0.1, 0.15) is 42.4 Å². The van der Waals surface area contributed by atoms with E-state index in [4.69, 9.17) is 9.47 Å². The number of allylic oxidation sites excluding steroid dienone is 1. The number of anilines is 1. The van der Waals surface area contributed by atoms with Crippen LogP contribution >= 0.6 is 0 Å². The van der Waals surface area contributed by atoms with Gasteiger partial charge < -0.3 is 19.9 Å². The number of hydrogen-bond donors (Lipinski definition) is 2. The molecule has 0 aromatic heterocycles. The van der Waals surface area contributed by atoms with Crippen LogP contribution in [-0.2, 0) is 20.7 Å². The van der Waals surface area contributed by atoms with Gasteiger partial charge in [0.25, 0.3) is 5.91 Å². The van der Waals surface area contributed by atoms with E-state index in [1.54, 1.807) is 0 Å². The van der Waals surface area contributed by atoms with Crippen LogP contribution in [-0.4, -0.2) is 30.5 Å². The molecule has 5 rings (SSSR count). The fourth-order valence-corrected chi connectivity index (χ4v) is 5.23. The number of para-hydroxylation sites is 1. The highest BCUT2D eigenvalue weighted by molar-refractivity contribution is 6.02. The first-order valence-corrected chi connectivity index (χ1v) is 12.4. The van der Waals surface area contributed by atoms with E-state index in [2.05, 4.69) is 47.8 Å². The van der Waals surface area contributed by atoms with Gasteiger partial charge in [0.05, 0.1) is 0 Å². The number of hydrogen-bond acceptors (Lipinski definition) is 4. The zero-order valence-electron chi connectivity index (χ0n) is 19.9. The molecule has 3 aromatic rings. The molecule has 0 radical (unpaired) electrons. The van der Waals surface area contributed by atoms with E-state index in [1.165, 1.54) is 22.3 Å². The molecule has 2 aliphatic rings. The Kier molecular flexibility index (Phi) is 6.98. The molecule has 0 spiro atoms. The summed E-state index contributed by atoms with van der Waals surface area (Å²) in [6.45, 7) is 2.50. The van der Waals surface area contributed by atoms with Gasteiger partial charge in [-0.25, -0.2) is 0 Å². The number of aliphatic hydroxyl groups is 1. The van der Waals surface area contributed by atoms with Crippen LogP contribution < -0.4 is 5.32 Å². The van der Waals surface area contributed by atoms with Crippen LogP contribution in [0.25, 0.3) is 11.1 Å². The number of amides is 1. The van der Waals surface area contributed by atoms with Gasteiger partial charge in [-0.1, -0.05) is 60.7 Å². The highest BCUT2D eigenvalue weighted by atomic mass is 16.7. The normalized spacial score (nSPS) is 20.4. The van der Waals surface area contributed by atoms with E-state index in [9.17, 15) is 9.90 Å². The Morgan fingerprint density at radius 1 is 1.03 bits per heavy atom. The van der Waals surface area contributed by atoms with Crippen LogP contribution in [0.5, 0.6) is 0 Å². The van der Waals surface area contributed by atoms with Crippen molar-refractivity contribution in [3.8, 4) is 11.1 Å². The van der Waals surface area contributed by atoms with Crippen molar-refractivity contribution in [3.05, 3.63) is 101 Å². The highest BCUT2D eigenvalue weighted by Crippen LogP contribution is 2.43. The summed E-state index contributed by atoms with van der Waals surface area (Å²) in [7, 11) is 0.